The van der Waals surface area contributed by atoms with Gasteiger partial charge in [0.2, 0.25) is 5.91 Å². The van der Waals surface area contributed by atoms with Crippen LogP contribution in [0.3, 0.4) is 0 Å². The van der Waals surface area contributed by atoms with E-state index in [0.717, 1.165) is 18.6 Å². The molecule has 4 N–H and O–H groups in total. The minimum atomic E-state index is -0.718. The summed E-state index contributed by atoms with van der Waals surface area (Å²) in [6.45, 7) is 1.61. The van der Waals surface area contributed by atoms with Crippen molar-refractivity contribution in [2.75, 3.05) is 19.0 Å². The Hall–Kier alpha value is -1.50. The van der Waals surface area contributed by atoms with Crippen molar-refractivity contribution in [1.29, 1.82) is 0 Å². The van der Waals surface area contributed by atoms with Crippen LogP contribution in [-0.4, -0.2) is 34.4 Å². The number of nitrogens with two attached hydrogens (primary N) is 1. The third-order valence-electron chi connectivity index (χ3n) is 3.95. The molecule has 2 heterocycles. The summed E-state index contributed by atoms with van der Waals surface area (Å²) in [5.74, 6) is 0.470. The second-order valence-corrected chi connectivity index (χ2v) is 6.33. The van der Waals surface area contributed by atoms with Crippen LogP contribution in [0.25, 0.3) is 10.9 Å². The number of nitrogens with zero attached hydrogens (tertiary/aromatic N) is 1. The molecule has 1 aliphatic rings. The number of carbonyl (C=O) groups is 1. The van der Waals surface area contributed by atoms with Gasteiger partial charge in [0.25, 0.3) is 0 Å². The van der Waals surface area contributed by atoms with Crippen molar-refractivity contribution in [2.45, 2.75) is 18.4 Å². The van der Waals surface area contributed by atoms with Crippen molar-refractivity contribution < 1.29 is 4.79 Å². The molecule has 0 bridgehead atoms. The zero-order valence-electron chi connectivity index (χ0n) is 11.8. The van der Waals surface area contributed by atoms with Crippen LogP contribution in [0.5, 0.6) is 0 Å². The number of hydrogen-bond acceptors (Lipinski definition) is 4. The maximum atomic E-state index is 12.2. The molecule has 2 aromatic rings. The lowest BCUT2D eigenvalue weighted by Gasteiger charge is -2.32. The number of benzene rings is 1. The highest BCUT2D eigenvalue weighted by Crippen LogP contribution is 2.20. The first-order valence-electron chi connectivity index (χ1n) is 7.16. The predicted molar refractivity (Wildman–Crippen MR) is 87.0 cm³/mol. The predicted octanol–water partition coefficient (Wildman–Crippen LogP) is 1.29. The molecule has 1 fully saturated rings. The van der Waals surface area contributed by atoms with Crippen LogP contribution in [0.4, 0.5) is 0 Å². The van der Waals surface area contributed by atoms with E-state index in [1.165, 1.54) is 5.39 Å². The summed E-state index contributed by atoms with van der Waals surface area (Å²) in [6, 6.07) is 10.3. The molecule has 3 rings (SSSR count). The fraction of sp³-hybridized carbons (Fsp3) is 0.400. The fourth-order valence-corrected chi connectivity index (χ4v) is 3.40. The standard InChI is InChI=1S/C15H20N4OS/c16-15(6-8-17-9-7-15)14(20)18-11-21-19-10-5-12-3-1-2-4-13(12)19/h1-5,10,17H,6-9,11,16H2,(H,18,20). The van der Waals surface area contributed by atoms with Crippen molar-refractivity contribution in [1.82, 2.24) is 14.6 Å². The molecule has 1 saturated heterocycles. The largest absolute Gasteiger partial charge is 0.344 e. The third kappa shape index (κ3) is 3.07. The lowest BCUT2D eigenvalue weighted by Crippen LogP contribution is -2.58. The fourth-order valence-electron chi connectivity index (χ4n) is 2.61. The number of aromatic nitrogens is 1. The first kappa shape index (κ1) is 14.4. The molecule has 6 heteroatoms. The minimum Gasteiger partial charge on any atom is -0.344 e. The highest BCUT2D eigenvalue weighted by atomic mass is 32.2. The van der Waals surface area contributed by atoms with E-state index in [4.69, 9.17) is 5.73 Å². The number of amides is 1. The van der Waals surface area contributed by atoms with Gasteiger partial charge in [-0.1, -0.05) is 18.2 Å². The Morgan fingerprint density at radius 3 is 2.90 bits per heavy atom. The number of hydrogen-bond donors (Lipinski definition) is 3. The molecule has 0 saturated carbocycles. The third-order valence-corrected chi connectivity index (χ3v) is 4.82. The van der Waals surface area contributed by atoms with Crippen LogP contribution in [0.15, 0.2) is 36.5 Å². The molecule has 21 heavy (non-hydrogen) atoms. The molecule has 0 atom stereocenters. The second kappa shape index (κ2) is 6.09. The summed E-state index contributed by atoms with van der Waals surface area (Å²) >= 11 is 1.56. The molecule has 0 unspecified atom stereocenters. The molecule has 1 aromatic heterocycles. The highest BCUT2D eigenvalue weighted by Gasteiger charge is 2.34. The summed E-state index contributed by atoms with van der Waals surface area (Å²) in [5.41, 5.74) is 6.62. The van der Waals surface area contributed by atoms with Crippen molar-refractivity contribution in [2.24, 2.45) is 5.73 Å². The maximum absolute atomic E-state index is 12.2. The maximum Gasteiger partial charge on any atom is 0.240 e. The van der Waals surface area contributed by atoms with Crippen molar-refractivity contribution >= 4 is 28.8 Å². The van der Waals surface area contributed by atoms with Crippen LogP contribution in [0, 0.1) is 0 Å². The molecule has 0 spiro atoms. The van der Waals surface area contributed by atoms with E-state index in [1.54, 1.807) is 11.9 Å². The Morgan fingerprint density at radius 1 is 1.33 bits per heavy atom. The summed E-state index contributed by atoms with van der Waals surface area (Å²) in [4.78, 5) is 12.2. The van der Waals surface area contributed by atoms with E-state index in [1.807, 2.05) is 18.3 Å². The highest BCUT2D eigenvalue weighted by molar-refractivity contribution is 7.97. The SMILES string of the molecule is NC1(C(=O)NCSn2ccc3ccccc32)CCNCC1. The number of piperidine rings is 1. The average Bonchev–Trinajstić information content (AvgIpc) is 2.91. The van der Waals surface area contributed by atoms with Gasteiger partial charge in [-0.25, -0.2) is 0 Å². The number of fused-ring (bicyclic) bond motifs is 1. The quantitative estimate of drug-likeness (QED) is 0.744. The van der Waals surface area contributed by atoms with Gasteiger partial charge in [-0.3, -0.25) is 8.77 Å². The van der Waals surface area contributed by atoms with Gasteiger partial charge in [0, 0.05) is 11.6 Å². The van der Waals surface area contributed by atoms with E-state index in [2.05, 4.69) is 32.8 Å². The van der Waals surface area contributed by atoms with Gasteiger partial charge in [0.1, 0.15) is 0 Å². The average molecular weight is 304 g/mol. The van der Waals surface area contributed by atoms with Gasteiger partial charge in [-0.15, -0.1) is 0 Å². The van der Waals surface area contributed by atoms with Crippen molar-refractivity contribution in [3.8, 4) is 0 Å². The van der Waals surface area contributed by atoms with Crippen molar-refractivity contribution in [3.05, 3.63) is 36.5 Å². The number of nitrogens with one attached hydrogen (secondary N) is 2. The van der Waals surface area contributed by atoms with E-state index < -0.39 is 5.54 Å². The zero-order chi connectivity index (χ0) is 14.7. The van der Waals surface area contributed by atoms with Crippen LogP contribution >= 0.6 is 11.9 Å². The van der Waals surface area contributed by atoms with E-state index in [0.29, 0.717) is 18.7 Å². The van der Waals surface area contributed by atoms with Crippen LogP contribution < -0.4 is 16.4 Å². The van der Waals surface area contributed by atoms with Gasteiger partial charge >= 0.3 is 0 Å². The Bertz CT molecular complexity index is 633. The summed E-state index contributed by atoms with van der Waals surface area (Å²) in [6.07, 6.45) is 3.40. The molecule has 0 radical (unpaired) electrons. The second-order valence-electron chi connectivity index (χ2n) is 5.39. The Labute approximate surface area is 128 Å². The van der Waals surface area contributed by atoms with Gasteiger partial charge in [0.15, 0.2) is 0 Å². The van der Waals surface area contributed by atoms with Crippen LogP contribution in [0.2, 0.25) is 0 Å². The Morgan fingerprint density at radius 2 is 2.10 bits per heavy atom. The zero-order valence-corrected chi connectivity index (χ0v) is 12.7. The topological polar surface area (TPSA) is 72.1 Å². The molecule has 1 aromatic carbocycles. The Balaban J connectivity index is 1.57. The minimum absolute atomic E-state index is 0.0482. The number of rotatable bonds is 4. The molecule has 5 nitrogen and oxygen atoms in total. The summed E-state index contributed by atoms with van der Waals surface area (Å²) in [7, 11) is 0. The first-order valence-corrected chi connectivity index (χ1v) is 8.11. The molecule has 112 valence electrons. The normalized spacial score (nSPS) is 17.8. The lowest BCUT2D eigenvalue weighted by atomic mass is 9.89. The van der Waals surface area contributed by atoms with Crippen LogP contribution in [-0.2, 0) is 4.79 Å². The number of para-hydroxylation sites is 1. The number of carbonyl (C=O) groups excluding carboxylic acids is 1. The molecular formula is C15H20N4OS. The smallest absolute Gasteiger partial charge is 0.240 e. The van der Waals surface area contributed by atoms with Gasteiger partial charge in [-0.2, -0.15) is 0 Å². The molecular weight excluding hydrogens is 284 g/mol. The Kier molecular flexibility index (Phi) is 4.19. The van der Waals surface area contributed by atoms with E-state index >= 15 is 0 Å². The lowest BCUT2D eigenvalue weighted by molar-refractivity contribution is -0.126. The molecule has 1 amide bonds. The van der Waals surface area contributed by atoms with Gasteiger partial charge in [0.05, 0.1) is 16.9 Å². The summed E-state index contributed by atoms with van der Waals surface area (Å²) < 4.78 is 2.07. The van der Waals surface area contributed by atoms with Gasteiger partial charge < -0.3 is 16.4 Å². The van der Waals surface area contributed by atoms with E-state index in [9.17, 15) is 4.79 Å². The van der Waals surface area contributed by atoms with E-state index in [-0.39, 0.29) is 5.91 Å². The first-order chi connectivity index (χ1) is 10.2. The molecule has 0 aliphatic carbocycles. The van der Waals surface area contributed by atoms with Crippen LogP contribution in [0.1, 0.15) is 12.8 Å². The van der Waals surface area contributed by atoms with Gasteiger partial charge in [-0.05, 0) is 50.0 Å². The monoisotopic (exact) mass is 304 g/mol. The van der Waals surface area contributed by atoms with Crippen molar-refractivity contribution in [3.63, 3.8) is 0 Å². The summed E-state index contributed by atoms with van der Waals surface area (Å²) in [5, 5.41) is 7.37. The molecule has 1 aliphatic heterocycles.